The van der Waals surface area contributed by atoms with E-state index in [9.17, 15) is 0 Å². The summed E-state index contributed by atoms with van der Waals surface area (Å²) >= 11 is 0. The van der Waals surface area contributed by atoms with E-state index >= 15 is 0 Å². The van der Waals surface area contributed by atoms with Crippen LogP contribution in [-0.2, 0) is 13.1 Å². The van der Waals surface area contributed by atoms with Crippen molar-refractivity contribution in [1.29, 1.82) is 0 Å². The van der Waals surface area contributed by atoms with Crippen LogP contribution in [0.2, 0.25) is 0 Å². The highest BCUT2D eigenvalue weighted by molar-refractivity contribution is 4.79. The fourth-order valence-corrected chi connectivity index (χ4v) is 1.65. The van der Waals surface area contributed by atoms with Crippen molar-refractivity contribution in [1.82, 2.24) is 25.5 Å². The Labute approximate surface area is 104 Å². The average Bonchev–Trinajstić information content (AvgIpc) is 2.65. The normalized spacial score (nSPS) is 11.6. The number of aromatic nitrogens is 4. The number of hydrogen-bond acceptors (Lipinski definition) is 4. The molecule has 17 heavy (non-hydrogen) atoms. The summed E-state index contributed by atoms with van der Waals surface area (Å²) in [4.78, 5) is 0. The maximum Gasteiger partial charge on any atom is 0.165 e. The van der Waals surface area contributed by atoms with Crippen LogP contribution in [0.4, 0.5) is 0 Å². The smallest absolute Gasteiger partial charge is 0.165 e. The van der Waals surface area contributed by atoms with Gasteiger partial charge in [-0.2, -0.15) is 0 Å². The van der Waals surface area contributed by atoms with E-state index in [0.29, 0.717) is 5.92 Å². The third-order valence-electron chi connectivity index (χ3n) is 2.59. The van der Waals surface area contributed by atoms with Gasteiger partial charge in [0, 0.05) is 6.54 Å². The van der Waals surface area contributed by atoms with Crippen molar-refractivity contribution in [2.75, 3.05) is 6.54 Å². The van der Waals surface area contributed by atoms with E-state index in [1.54, 1.807) is 0 Å². The van der Waals surface area contributed by atoms with E-state index in [1.807, 2.05) is 4.68 Å². The minimum absolute atomic E-state index is 0.653. The summed E-state index contributed by atoms with van der Waals surface area (Å²) in [5.74, 6) is 2.34. The van der Waals surface area contributed by atoms with Gasteiger partial charge in [-0.25, -0.2) is 4.68 Å². The van der Waals surface area contributed by atoms with E-state index in [4.69, 9.17) is 0 Å². The lowest BCUT2D eigenvalue weighted by molar-refractivity contribution is 0.461. The van der Waals surface area contributed by atoms with E-state index in [1.165, 1.54) is 6.42 Å². The molecule has 0 unspecified atom stereocenters. The quantitative estimate of drug-likeness (QED) is 0.752. The highest BCUT2D eigenvalue weighted by atomic mass is 15.5. The Bertz CT molecular complexity index is 277. The number of aryl methyl sites for hydroxylation is 1. The summed E-state index contributed by atoms with van der Waals surface area (Å²) < 4.78 is 1.91. The molecule has 0 spiro atoms. The third-order valence-corrected chi connectivity index (χ3v) is 2.59. The molecule has 0 bridgehead atoms. The third kappa shape index (κ3) is 5.77. The van der Waals surface area contributed by atoms with Gasteiger partial charge in [-0.1, -0.05) is 27.7 Å². The summed E-state index contributed by atoms with van der Waals surface area (Å²) in [6, 6.07) is 0. The lowest BCUT2D eigenvalue weighted by Gasteiger charge is -2.08. The van der Waals surface area contributed by atoms with E-state index in [2.05, 4.69) is 48.5 Å². The van der Waals surface area contributed by atoms with Gasteiger partial charge in [-0.05, 0) is 41.6 Å². The van der Waals surface area contributed by atoms with Crippen LogP contribution in [-0.4, -0.2) is 26.8 Å². The van der Waals surface area contributed by atoms with Crippen molar-refractivity contribution in [3.05, 3.63) is 5.82 Å². The van der Waals surface area contributed by atoms with Gasteiger partial charge in [-0.15, -0.1) is 5.10 Å². The van der Waals surface area contributed by atoms with Gasteiger partial charge in [-0.3, -0.25) is 0 Å². The van der Waals surface area contributed by atoms with Gasteiger partial charge in [0.05, 0.1) is 6.54 Å². The highest BCUT2D eigenvalue weighted by Crippen LogP contribution is 2.05. The molecule has 0 aliphatic heterocycles. The molecular weight excluding hydrogens is 214 g/mol. The Kier molecular flexibility index (Phi) is 6.11. The lowest BCUT2D eigenvalue weighted by atomic mass is 10.1. The van der Waals surface area contributed by atoms with Crippen molar-refractivity contribution in [2.45, 2.75) is 53.6 Å². The second-order valence-electron chi connectivity index (χ2n) is 5.38. The Morgan fingerprint density at radius 2 is 1.94 bits per heavy atom. The van der Waals surface area contributed by atoms with E-state index in [0.717, 1.165) is 37.8 Å². The zero-order chi connectivity index (χ0) is 12.7. The number of tetrazole rings is 1. The Morgan fingerprint density at radius 1 is 1.18 bits per heavy atom. The van der Waals surface area contributed by atoms with Gasteiger partial charge in [0.25, 0.3) is 0 Å². The largest absolute Gasteiger partial charge is 0.310 e. The molecule has 0 fully saturated rings. The summed E-state index contributed by atoms with van der Waals surface area (Å²) in [5, 5.41) is 15.2. The first-order valence-corrected chi connectivity index (χ1v) is 6.55. The van der Waals surface area contributed by atoms with Gasteiger partial charge in [0.1, 0.15) is 0 Å². The lowest BCUT2D eigenvalue weighted by Crippen LogP contribution is -2.22. The van der Waals surface area contributed by atoms with E-state index < -0.39 is 0 Å². The number of nitrogens with zero attached hydrogens (tertiary/aromatic N) is 4. The minimum atomic E-state index is 0.653. The first-order chi connectivity index (χ1) is 8.09. The van der Waals surface area contributed by atoms with Crippen molar-refractivity contribution in [2.24, 2.45) is 11.8 Å². The van der Waals surface area contributed by atoms with Crippen molar-refractivity contribution >= 4 is 0 Å². The monoisotopic (exact) mass is 239 g/mol. The second kappa shape index (κ2) is 7.37. The molecule has 1 aromatic heterocycles. The fourth-order valence-electron chi connectivity index (χ4n) is 1.65. The molecule has 0 aliphatic carbocycles. The fraction of sp³-hybridized carbons (Fsp3) is 0.917. The topological polar surface area (TPSA) is 55.6 Å². The molecule has 0 aliphatic rings. The van der Waals surface area contributed by atoms with Crippen molar-refractivity contribution in [3.8, 4) is 0 Å². The number of rotatable bonds is 8. The SMILES string of the molecule is CC(C)CCCn1nnnc1CNCC(C)C. The number of hydrogen-bond donors (Lipinski definition) is 1. The summed E-state index contributed by atoms with van der Waals surface area (Å²) in [7, 11) is 0. The standard InChI is InChI=1S/C12H25N5/c1-10(2)6-5-7-17-12(14-15-16-17)9-13-8-11(3)4/h10-11,13H,5-9H2,1-4H3. The Balaban J connectivity index is 2.32. The molecule has 0 atom stereocenters. The molecule has 1 aromatic rings. The molecule has 0 saturated heterocycles. The first-order valence-electron chi connectivity index (χ1n) is 6.55. The van der Waals surface area contributed by atoms with Gasteiger partial charge in [0.15, 0.2) is 5.82 Å². The van der Waals surface area contributed by atoms with Crippen LogP contribution in [0.25, 0.3) is 0 Å². The Hall–Kier alpha value is -0.970. The van der Waals surface area contributed by atoms with Crippen LogP contribution in [0.5, 0.6) is 0 Å². The maximum absolute atomic E-state index is 4.05. The molecule has 0 aromatic carbocycles. The molecule has 1 heterocycles. The molecule has 5 nitrogen and oxygen atoms in total. The molecule has 0 amide bonds. The predicted molar refractivity (Wildman–Crippen MR) is 68.4 cm³/mol. The Morgan fingerprint density at radius 3 is 2.59 bits per heavy atom. The summed E-state index contributed by atoms with van der Waals surface area (Å²) in [5.41, 5.74) is 0. The summed E-state index contributed by atoms with van der Waals surface area (Å²) in [6.07, 6.45) is 2.36. The van der Waals surface area contributed by atoms with Gasteiger partial charge in [0.2, 0.25) is 0 Å². The van der Waals surface area contributed by atoms with E-state index in [-0.39, 0.29) is 0 Å². The zero-order valence-electron chi connectivity index (χ0n) is 11.5. The van der Waals surface area contributed by atoms with Crippen LogP contribution < -0.4 is 5.32 Å². The van der Waals surface area contributed by atoms with Crippen LogP contribution in [0.15, 0.2) is 0 Å². The molecule has 98 valence electrons. The van der Waals surface area contributed by atoms with Gasteiger partial charge >= 0.3 is 0 Å². The molecule has 5 heteroatoms. The maximum atomic E-state index is 4.05. The minimum Gasteiger partial charge on any atom is -0.310 e. The van der Waals surface area contributed by atoms with Gasteiger partial charge < -0.3 is 5.32 Å². The molecular formula is C12H25N5. The average molecular weight is 239 g/mol. The van der Waals surface area contributed by atoms with Crippen molar-refractivity contribution < 1.29 is 0 Å². The predicted octanol–water partition coefficient (Wildman–Crippen LogP) is 1.85. The molecule has 1 rings (SSSR count). The van der Waals surface area contributed by atoms with Crippen molar-refractivity contribution in [3.63, 3.8) is 0 Å². The van der Waals surface area contributed by atoms with Crippen LogP contribution in [0.1, 0.15) is 46.4 Å². The first kappa shape index (κ1) is 14.1. The highest BCUT2D eigenvalue weighted by Gasteiger charge is 2.05. The molecule has 1 N–H and O–H groups in total. The van der Waals surface area contributed by atoms with Crippen LogP contribution in [0.3, 0.4) is 0 Å². The summed E-state index contributed by atoms with van der Waals surface area (Å²) in [6.45, 7) is 11.5. The zero-order valence-corrected chi connectivity index (χ0v) is 11.5. The number of nitrogens with one attached hydrogen (secondary N) is 1. The second-order valence-corrected chi connectivity index (χ2v) is 5.38. The van der Waals surface area contributed by atoms with Crippen LogP contribution in [0, 0.1) is 11.8 Å². The van der Waals surface area contributed by atoms with Crippen LogP contribution >= 0.6 is 0 Å². The molecule has 0 radical (unpaired) electrons. The molecule has 0 saturated carbocycles.